The Morgan fingerprint density at radius 3 is 2.55 bits per heavy atom. The van der Waals surface area contributed by atoms with Gasteiger partial charge in [0.2, 0.25) is 0 Å². The van der Waals surface area contributed by atoms with Crippen LogP contribution in [0.3, 0.4) is 0 Å². The lowest BCUT2D eigenvalue weighted by atomic mass is 10.0. The van der Waals surface area contributed by atoms with Gasteiger partial charge in [0, 0.05) is 11.3 Å². The smallest absolute Gasteiger partial charge is 0.127 e. The Balaban J connectivity index is 2.14. The molecule has 2 aromatic rings. The van der Waals surface area contributed by atoms with Crippen molar-refractivity contribution in [3.05, 3.63) is 59.2 Å². The second kappa shape index (κ2) is 5.93. The normalized spacial score (nSPS) is 15.3. The molecule has 0 fully saturated rings. The lowest BCUT2D eigenvalue weighted by Crippen LogP contribution is -2.45. The van der Waals surface area contributed by atoms with Gasteiger partial charge < -0.3 is 10.6 Å². The first-order chi connectivity index (χ1) is 10.6. The molecule has 2 N–H and O–H groups in total. The fourth-order valence-corrected chi connectivity index (χ4v) is 2.96. The summed E-state index contributed by atoms with van der Waals surface area (Å²) in [5, 5.41) is 0. The van der Waals surface area contributed by atoms with Crippen LogP contribution in [0.1, 0.15) is 30.0 Å². The van der Waals surface area contributed by atoms with Gasteiger partial charge in [0.1, 0.15) is 5.84 Å². The minimum atomic E-state index is -0.0479. The zero-order chi connectivity index (χ0) is 15.7. The first kappa shape index (κ1) is 14.8. The molecule has 0 saturated carbocycles. The number of hydrogen-bond acceptors (Lipinski definition) is 3. The predicted molar refractivity (Wildman–Crippen MR) is 93.9 cm³/mol. The summed E-state index contributed by atoms with van der Waals surface area (Å²) in [7, 11) is 0. The molecule has 0 aliphatic carbocycles. The molecule has 0 radical (unpaired) electrons. The molecule has 2 aromatic carbocycles. The highest BCUT2D eigenvalue weighted by Gasteiger charge is 2.26. The van der Waals surface area contributed by atoms with Crippen molar-refractivity contribution in [2.75, 3.05) is 4.90 Å². The monoisotopic (exact) mass is 293 g/mol. The number of amidine groups is 1. The average molecular weight is 293 g/mol. The molecule has 0 aromatic heterocycles. The molecule has 0 unspecified atom stereocenters. The third-order valence-corrected chi connectivity index (χ3v) is 4.39. The quantitative estimate of drug-likeness (QED) is 0.926. The Morgan fingerprint density at radius 1 is 1.09 bits per heavy atom. The maximum Gasteiger partial charge on any atom is 0.127 e. The van der Waals surface area contributed by atoms with Crippen LogP contribution < -0.4 is 10.6 Å². The molecule has 3 heteroatoms. The van der Waals surface area contributed by atoms with E-state index >= 15 is 0 Å². The number of aliphatic imine (C=N–C) groups is 1. The second-order valence-electron chi connectivity index (χ2n) is 5.93. The van der Waals surface area contributed by atoms with E-state index in [4.69, 9.17) is 10.7 Å². The van der Waals surface area contributed by atoms with E-state index in [0.717, 1.165) is 24.5 Å². The van der Waals surface area contributed by atoms with Crippen molar-refractivity contribution < 1.29 is 0 Å². The Bertz CT molecular complexity index is 718. The van der Waals surface area contributed by atoms with E-state index in [1.165, 1.54) is 22.4 Å². The Labute approximate surface area is 132 Å². The second-order valence-corrected chi connectivity index (χ2v) is 5.93. The molecule has 1 atom stereocenters. The number of aryl methyl sites for hydroxylation is 2. The first-order valence-corrected chi connectivity index (χ1v) is 7.87. The van der Waals surface area contributed by atoms with Crippen molar-refractivity contribution in [3.63, 3.8) is 0 Å². The van der Waals surface area contributed by atoms with Crippen molar-refractivity contribution in [2.45, 2.75) is 39.8 Å². The molecule has 3 rings (SSSR count). The molecule has 0 amide bonds. The van der Waals surface area contributed by atoms with Crippen molar-refractivity contribution >= 4 is 17.2 Å². The van der Waals surface area contributed by atoms with Crippen molar-refractivity contribution in [2.24, 2.45) is 10.7 Å². The van der Waals surface area contributed by atoms with Gasteiger partial charge in [-0.25, -0.2) is 4.99 Å². The van der Waals surface area contributed by atoms with Crippen LogP contribution in [0.2, 0.25) is 0 Å². The lowest BCUT2D eigenvalue weighted by Gasteiger charge is -2.34. The third kappa shape index (κ3) is 2.53. The number of fused-ring (bicyclic) bond motifs is 1. The van der Waals surface area contributed by atoms with Crippen LogP contribution in [-0.4, -0.2) is 11.9 Å². The van der Waals surface area contributed by atoms with E-state index in [9.17, 15) is 0 Å². The van der Waals surface area contributed by atoms with Crippen LogP contribution in [0.4, 0.5) is 11.4 Å². The largest absolute Gasteiger partial charge is 0.324 e. The van der Waals surface area contributed by atoms with Gasteiger partial charge >= 0.3 is 0 Å². The van der Waals surface area contributed by atoms with Crippen molar-refractivity contribution in [3.8, 4) is 0 Å². The molecule has 1 aliphatic rings. The first-order valence-electron chi connectivity index (χ1n) is 7.87. The maximum atomic E-state index is 6.35. The topological polar surface area (TPSA) is 41.6 Å². The van der Waals surface area contributed by atoms with Gasteiger partial charge in [-0.05, 0) is 43.5 Å². The summed E-state index contributed by atoms with van der Waals surface area (Å²) >= 11 is 0. The maximum absolute atomic E-state index is 6.35. The summed E-state index contributed by atoms with van der Waals surface area (Å²) in [4.78, 5) is 7.17. The highest BCUT2D eigenvalue weighted by atomic mass is 15.2. The average Bonchev–Trinajstić information content (AvgIpc) is 2.54. The van der Waals surface area contributed by atoms with Gasteiger partial charge in [-0.15, -0.1) is 0 Å². The van der Waals surface area contributed by atoms with Gasteiger partial charge in [0.25, 0.3) is 0 Å². The summed E-state index contributed by atoms with van der Waals surface area (Å²) in [6.45, 7) is 7.22. The number of anilines is 1. The van der Waals surface area contributed by atoms with Crippen LogP contribution >= 0.6 is 0 Å². The number of rotatable bonds is 3. The number of nitrogens with two attached hydrogens (primary N) is 1. The number of benzene rings is 2. The Hall–Kier alpha value is -2.13. The molecule has 0 bridgehead atoms. The minimum Gasteiger partial charge on any atom is -0.324 e. The van der Waals surface area contributed by atoms with E-state index in [2.05, 4.69) is 68.1 Å². The highest BCUT2D eigenvalue weighted by molar-refractivity contribution is 6.04. The third-order valence-electron chi connectivity index (χ3n) is 4.39. The fraction of sp³-hybridized carbons (Fsp3) is 0.316. The Morgan fingerprint density at radius 2 is 1.82 bits per heavy atom. The minimum absolute atomic E-state index is 0.0479. The SMILES string of the molecule is CC[C@H](N)C1=Nc2cccc(C)c2CN1c1ccccc1C. The Kier molecular flexibility index (Phi) is 3.99. The van der Waals surface area contributed by atoms with Gasteiger partial charge in [-0.2, -0.15) is 0 Å². The van der Waals surface area contributed by atoms with Crippen LogP contribution in [0, 0.1) is 13.8 Å². The summed E-state index contributed by atoms with van der Waals surface area (Å²) in [6, 6.07) is 14.7. The van der Waals surface area contributed by atoms with Crippen LogP contribution in [-0.2, 0) is 6.54 Å². The van der Waals surface area contributed by atoms with Crippen LogP contribution in [0.15, 0.2) is 47.5 Å². The van der Waals surface area contributed by atoms with Gasteiger partial charge in [0.05, 0.1) is 18.3 Å². The van der Waals surface area contributed by atoms with E-state index in [0.29, 0.717) is 0 Å². The zero-order valence-electron chi connectivity index (χ0n) is 13.5. The molecular weight excluding hydrogens is 270 g/mol. The fourth-order valence-electron chi connectivity index (χ4n) is 2.96. The van der Waals surface area contributed by atoms with Gasteiger partial charge in [-0.3, -0.25) is 0 Å². The highest BCUT2D eigenvalue weighted by Crippen LogP contribution is 2.33. The molecule has 1 aliphatic heterocycles. The summed E-state index contributed by atoms with van der Waals surface area (Å²) in [5.74, 6) is 0.968. The van der Waals surface area contributed by atoms with Gasteiger partial charge in [-0.1, -0.05) is 37.3 Å². The standard InChI is InChI=1S/C19H23N3/c1-4-16(20)19-21-17-10-7-9-13(2)15(17)12-22(19)18-11-6-5-8-14(18)3/h5-11,16H,4,12,20H2,1-3H3/t16-/m0/s1. The molecule has 114 valence electrons. The van der Waals surface area contributed by atoms with Crippen LogP contribution in [0.25, 0.3) is 0 Å². The molecule has 0 saturated heterocycles. The lowest BCUT2D eigenvalue weighted by molar-refractivity contribution is 0.781. The molecule has 3 nitrogen and oxygen atoms in total. The molecule has 1 heterocycles. The zero-order valence-corrected chi connectivity index (χ0v) is 13.5. The van der Waals surface area contributed by atoms with Gasteiger partial charge in [0.15, 0.2) is 0 Å². The molecule has 22 heavy (non-hydrogen) atoms. The molecular formula is C19H23N3. The summed E-state index contributed by atoms with van der Waals surface area (Å²) in [5.41, 5.74) is 12.4. The number of nitrogens with zero attached hydrogens (tertiary/aromatic N) is 2. The van der Waals surface area contributed by atoms with Crippen molar-refractivity contribution in [1.29, 1.82) is 0 Å². The summed E-state index contributed by atoms with van der Waals surface area (Å²) < 4.78 is 0. The van der Waals surface area contributed by atoms with Crippen LogP contribution in [0.5, 0.6) is 0 Å². The summed E-state index contributed by atoms with van der Waals surface area (Å²) in [6.07, 6.45) is 0.877. The predicted octanol–water partition coefficient (Wildman–Crippen LogP) is 4.09. The number of para-hydroxylation sites is 1. The number of hydrogen-bond donors (Lipinski definition) is 1. The van der Waals surface area contributed by atoms with Crippen molar-refractivity contribution in [1.82, 2.24) is 0 Å². The van der Waals surface area contributed by atoms with E-state index in [-0.39, 0.29) is 6.04 Å². The van der Waals surface area contributed by atoms with E-state index < -0.39 is 0 Å². The van der Waals surface area contributed by atoms with E-state index in [1.807, 2.05) is 0 Å². The molecule has 0 spiro atoms. The van der Waals surface area contributed by atoms with E-state index in [1.54, 1.807) is 0 Å².